The summed E-state index contributed by atoms with van der Waals surface area (Å²) in [6, 6.07) is 24.3. The zero-order chi connectivity index (χ0) is 17.6. The van der Waals surface area contributed by atoms with E-state index in [4.69, 9.17) is 0 Å². The number of aldehydes is 1. The van der Waals surface area contributed by atoms with Crippen LogP contribution in [-0.2, 0) is 0 Å². The van der Waals surface area contributed by atoms with E-state index in [0.29, 0.717) is 5.56 Å². The van der Waals surface area contributed by atoms with Crippen molar-refractivity contribution in [3.63, 3.8) is 0 Å². The molecule has 0 aromatic heterocycles. The van der Waals surface area contributed by atoms with Gasteiger partial charge in [-0.05, 0) is 46.4 Å². The third-order valence-electron chi connectivity index (χ3n) is 4.25. The summed E-state index contributed by atoms with van der Waals surface area (Å²) in [6.45, 7) is 2.12. The molecular weight excluding hydrogens is 311 g/mol. The topological polar surface area (TPSA) is 17.1 Å². The maximum absolute atomic E-state index is 13.4. The number of hydrogen-bond acceptors (Lipinski definition) is 1. The molecule has 0 N–H and O–H groups in total. The highest BCUT2D eigenvalue weighted by Crippen LogP contribution is 2.34. The average molecular weight is 330 g/mol. The van der Waals surface area contributed by atoms with Gasteiger partial charge in [-0.2, -0.15) is 0 Å². The molecule has 0 fully saturated rings. The van der Waals surface area contributed by atoms with Gasteiger partial charge in [0.25, 0.3) is 0 Å². The summed E-state index contributed by atoms with van der Waals surface area (Å²) in [4.78, 5) is 11.0. The zero-order valence-corrected chi connectivity index (χ0v) is 14.1. The van der Waals surface area contributed by atoms with Gasteiger partial charge in [-0.25, -0.2) is 4.39 Å². The zero-order valence-electron chi connectivity index (χ0n) is 14.1. The smallest absolute Gasteiger partial charge is 0.150 e. The lowest BCUT2D eigenvalue weighted by Crippen LogP contribution is -1.95. The van der Waals surface area contributed by atoms with Crippen molar-refractivity contribution in [1.82, 2.24) is 0 Å². The number of carbonyl (C=O) groups excluding carboxylic acids is 1. The minimum absolute atomic E-state index is 0.253. The predicted molar refractivity (Wildman–Crippen MR) is 101 cm³/mol. The second-order valence-electron chi connectivity index (χ2n) is 5.82. The first-order valence-electron chi connectivity index (χ1n) is 8.33. The van der Waals surface area contributed by atoms with Crippen LogP contribution < -0.4 is 0 Å². The number of allylic oxidation sites excluding steroid dienone is 1. The van der Waals surface area contributed by atoms with Crippen molar-refractivity contribution >= 4 is 17.4 Å². The summed E-state index contributed by atoms with van der Waals surface area (Å²) in [7, 11) is 0. The molecule has 0 spiro atoms. The first kappa shape index (κ1) is 16.8. The van der Waals surface area contributed by atoms with Crippen LogP contribution in [-0.4, -0.2) is 6.29 Å². The highest BCUT2D eigenvalue weighted by Gasteiger charge is 2.13. The van der Waals surface area contributed by atoms with Crippen LogP contribution >= 0.6 is 0 Å². The second kappa shape index (κ2) is 7.71. The van der Waals surface area contributed by atoms with Crippen LogP contribution in [0.5, 0.6) is 0 Å². The molecule has 0 atom stereocenters. The van der Waals surface area contributed by atoms with Gasteiger partial charge in [0, 0.05) is 5.56 Å². The summed E-state index contributed by atoms with van der Waals surface area (Å²) in [5, 5.41) is 0. The van der Waals surface area contributed by atoms with E-state index in [1.54, 1.807) is 12.1 Å². The molecule has 0 saturated heterocycles. The van der Waals surface area contributed by atoms with Crippen LogP contribution in [0.25, 0.3) is 11.1 Å². The fourth-order valence-corrected chi connectivity index (χ4v) is 3.02. The third-order valence-corrected chi connectivity index (χ3v) is 4.25. The Bertz CT molecular complexity index is 876. The van der Waals surface area contributed by atoms with E-state index in [2.05, 4.69) is 19.1 Å². The van der Waals surface area contributed by atoms with Crippen LogP contribution in [0, 0.1) is 5.82 Å². The summed E-state index contributed by atoms with van der Waals surface area (Å²) in [6.07, 6.45) is 1.68. The molecule has 0 heterocycles. The number of halogens is 1. The molecular formula is C23H19FO. The molecule has 3 rings (SSSR count). The fourth-order valence-electron chi connectivity index (χ4n) is 3.02. The molecule has 25 heavy (non-hydrogen) atoms. The number of benzene rings is 3. The van der Waals surface area contributed by atoms with E-state index in [0.717, 1.165) is 35.0 Å². The SMILES string of the molecule is CCC(=C(c1ccc(F)cc1)c1ccc(C=O)cc1)c1ccccc1. The van der Waals surface area contributed by atoms with Crippen LogP contribution in [0.1, 0.15) is 40.4 Å². The minimum Gasteiger partial charge on any atom is -0.298 e. The van der Waals surface area contributed by atoms with E-state index in [1.807, 2.05) is 42.5 Å². The minimum atomic E-state index is -0.253. The molecule has 0 aliphatic rings. The Labute approximate surface area is 147 Å². The lowest BCUT2D eigenvalue weighted by atomic mass is 9.88. The standard InChI is InChI=1S/C23H19FO/c1-2-22(18-6-4-3-5-7-18)23(20-12-14-21(24)15-13-20)19-10-8-17(16-25)9-11-19/h3-16H,2H2,1H3. The van der Waals surface area contributed by atoms with Gasteiger partial charge < -0.3 is 0 Å². The predicted octanol–water partition coefficient (Wildman–Crippen LogP) is 6.01. The Balaban J connectivity index is 2.24. The van der Waals surface area contributed by atoms with Crippen molar-refractivity contribution in [3.8, 4) is 0 Å². The van der Waals surface area contributed by atoms with Gasteiger partial charge in [0.05, 0.1) is 0 Å². The molecule has 0 unspecified atom stereocenters. The summed E-state index contributed by atoms with van der Waals surface area (Å²) in [5.41, 5.74) is 6.00. The largest absolute Gasteiger partial charge is 0.298 e. The molecule has 3 aromatic carbocycles. The molecule has 124 valence electrons. The number of hydrogen-bond donors (Lipinski definition) is 0. The van der Waals surface area contributed by atoms with Crippen molar-refractivity contribution in [2.75, 3.05) is 0 Å². The first-order chi connectivity index (χ1) is 12.2. The van der Waals surface area contributed by atoms with Gasteiger partial charge in [0.2, 0.25) is 0 Å². The van der Waals surface area contributed by atoms with Gasteiger partial charge in [-0.1, -0.05) is 73.7 Å². The molecule has 0 saturated carbocycles. The van der Waals surface area contributed by atoms with E-state index in [-0.39, 0.29) is 5.82 Å². The van der Waals surface area contributed by atoms with Crippen LogP contribution in [0.4, 0.5) is 4.39 Å². The van der Waals surface area contributed by atoms with Crippen molar-refractivity contribution in [3.05, 3.63) is 107 Å². The van der Waals surface area contributed by atoms with Crippen LogP contribution in [0.3, 0.4) is 0 Å². The van der Waals surface area contributed by atoms with Crippen molar-refractivity contribution < 1.29 is 9.18 Å². The van der Waals surface area contributed by atoms with Crippen molar-refractivity contribution in [1.29, 1.82) is 0 Å². The molecule has 0 bridgehead atoms. The Hall–Kier alpha value is -3.00. The lowest BCUT2D eigenvalue weighted by Gasteiger charge is -2.16. The van der Waals surface area contributed by atoms with Gasteiger partial charge in [0.15, 0.2) is 0 Å². The summed E-state index contributed by atoms with van der Waals surface area (Å²) < 4.78 is 13.4. The van der Waals surface area contributed by atoms with E-state index >= 15 is 0 Å². The molecule has 1 nitrogen and oxygen atoms in total. The molecule has 2 heteroatoms. The second-order valence-corrected chi connectivity index (χ2v) is 5.82. The third kappa shape index (κ3) is 3.74. The summed E-state index contributed by atoms with van der Waals surface area (Å²) >= 11 is 0. The van der Waals surface area contributed by atoms with E-state index in [9.17, 15) is 9.18 Å². The molecule has 0 aliphatic carbocycles. The van der Waals surface area contributed by atoms with Crippen LogP contribution in [0.15, 0.2) is 78.9 Å². The number of carbonyl (C=O) groups is 1. The Kier molecular flexibility index (Phi) is 5.20. The maximum Gasteiger partial charge on any atom is 0.150 e. The molecule has 3 aromatic rings. The molecule has 0 radical (unpaired) electrons. The van der Waals surface area contributed by atoms with Crippen molar-refractivity contribution in [2.24, 2.45) is 0 Å². The van der Waals surface area contributed by atoms with E-state index in [1.165, 1.54) is 17.7 Å². The molecule has 0 amide bonds. The van der Waals surface area contributed by atoms with Crippen molar-refractivity contribution in [2.45, 2.75) is 13.3 Å². The first-order valence-corrected chi connectivity index (χ1v) is 8.33. The highest BCUT2D eigenvalue weighted by molar-refractivity contribution is 5.98. The molecule has 0 aliphatic heterocycles. The highest BCUT2D eigenvalue weighted by atomic mass is 19.1. The summed E-state index contributed by atoms with van der Waals surface area (Å²) in [5.74, 6) is -0.253. The number of rotatable bonds is 5. The van der Waals surface area contributed by atoms with Crippen LogP contribution in [0.2, 0.25) is 0 Å². The van der Waals surface area contributed by atoms with Gasteiger partial charge >= 0.3 is 0 Å². The normalized spacial score (nSPS) is 11.8. The van der Waals surface area contributed by atoms with Gasteiger partial charge in [-0.3, -0.25) is 4.79 Å². The van der Waals surface area contributed by atoms with Gasteiger partial charge in [0.1, 0.15) is 12.1 Å². The van der Waals surface area contributed by atoms with Gasteiger partial charge in [-0.15, -0.1) is 0 Å². The quantitative estimate of drug-likeness (QED) is 0.414. The average Bonchev–Trinajstić information content (AvgIpc) is 2.68. The fraction of sp³-hybridized carbons (Fsp3) is 0.0870. The lowest BCUT2D eigenvalue weighted by molar-refractivity contribution is 0.112. The monoisotopic (exact) mass is 330 g/mol. The Morgan fingerprint density at radius 3 is 1.88 bits per heavy atom. The Morgan fingerprint density at radius 1 is 0.800 bits per heavy atom. The Morgan fingerprint density at radius 2 is 1.36 bits per heavy atom. The maximum atomic E-state index is 13.4. The van der Waals surface area contributed by atoms with E-state index < -0.39 is 0 Å².